The van der Waals surface area contributed by atoms with Gasteiger partial charge in [-0.2, -0.15) is 0 Å². The summed E-state index contributed by atoms with van der Waals surface area (Å²) in [5.74, 6) is 2.06. The van der Waals surface area contributed by atoms with Crippen molar-refractivity contribution in [3.05, 3.63) is 59.2 Å². The van der Waals surface area contributed by atoms with Crippen LogP contribution in [-0.4, -0.2) is 38.3 Å². The van der Waals surface area contributed by atoms with Gasteiger partial charge in [0.25, 0.3) is 0 Å². The summed E-state index contributed by atoms with van der Waals surface area (Å²) in [6, 6.07) is 14.0. The molecule has 0 saturated heterocycles. The third-order valence-corrected chi connectivity index (χ3v) is 4.42. The van der Waals surface area contributed by atoms with E-state index >= 15 is 0 Å². The van der Waals surface area contributed by atoms with Crippen LogP contribution >= 0.6 is 0 Å². The molecule has 2 rings (SSSR count). The lowest BCUT2D eigenvalue weighted by atomic mass is 10.0. The minimum absolute atomic E-state index is 0.252. The molecule has 0 aliphatic heterocycles. The minimum Gasteiger partial charge on any atom is -0.508 e. The molecule has 2 aromatic rings. The number of guanidine groups is 1. The average molecular weight is 355 g/mol. The Morgan fingerprint density at radius 3 is 2.50 bits per heavy atom. The second-order valence-electron chi connectivity index (χ2n) is 6.44. The number of nitrogens with one attached hydrogen (secondary N) is 2. The van der Waals surface area contributed by atoms with Gasteiger partial charge in [-0.15, -0.1) is 0 Å². The zero-order valence-electron chi connectivity index (χ0n) is 16.0. The van der Waals surface area contributed by atoms with Crippen LogP contribution in [0.25, 0.3) is 0 Å². The highest BCUT2D eigenvalue weighted by atomic mass is 16.5. The van der Waals surface area contributed by atoms with E-state index in [4.69, 9.17) is 4.74 Å². The number of hydrogen-bond donors (Lipinski definition) is 3. The van der Waals surface area contributed by atoms with E-state index in [0.29, 0.717) is 24.6 Å². The number of aromatic hydroxyl groups is 1. The molecule has 5 heteroatoms. The van der Waals surface area contributed by atoms with Gasteiger partial charge in [0.1, 0.15) is 11.5 Å². The molecule has 0 spiro atoms. The van der Waals surface area contributed by atoms with E-state index in [2.05, 4.69) is 53.7 Å². The number of phenols is 1. The fraction of sp³-hybridized carbons (Fsp3) is 0.381. The molecular formula is C21H29N3O2. The number of benzene rings is 2. The van der Waals surface area contributed by atoms with Crippen molar-refractivity contribution in [3.8, 4) is 11.5 Å². The SMILES string of the molecule is CN=C(NCCc1ccc(OC)cc1O)NCC(C)c1ccc(C)cc1. The van der Waals surface area contributed by atoms with Gasteiger partial charge in [-0.05, 0) is 36.5 Å². The van der Waals surface area contributed by atoms with Crippen LogP contribution in [0.2, 0.25) is 0 Å². The molecule has 26 heavy (non-hydrogen) atoms. The van der Waals surface area contributed by atoms with Crippen molar-refractivity contribution in [2.75, 3.05) is 27.2 Å². The lowest BCUT2D eigenvalue weighted by Gasteiger charge is -2.17. The Kier molecular flexibility index (Phi) is 7.33. The van der Waals surface area contributed by atoms with Crippen molar-refractivity contribution in [2.24, 2.45) is 4.99 Å². The fourth-order valence-corrected chi connectivity index (χ4v) is 2.68. The van der Waals surface area contributed by atoms with E-state index in [-0.39, 0.29) is 5.75 Å². The van der Waals surface area contributed by atoms with Gasteiger partial charge < -0.3 is 20.5 Å². The van der Waals surface area contributed by atoms with Crippen molar-refractivity contribution < 1.29 is 9.84 Å². The Morgan fingerprint density at radius 1 is 1.15 bits per heavy atom. The van der Waals surface area contributed by atoms with Gasteiger partial charge in [-0.3, -0.25) is 4.99 Å². The van der Waals surface area contributed by atoms with Crippen molar-refractivity contribution in [1.29, 1.82) is 0 Å². The normalized spacial score (nSPS) is 12.5. The number of nitrogens with zero attached hydrogens (tertiary/aromatic N) is 1. The van der Waals surface area contributed by atoms with Crippen LogP contribution in [0.5, 0.6) is 11.5 Å². The summed E-state index contributed by atoms with van der Waals surface area (Å²) in [4.78, 5) is 4.26. The monoisotopic (exact) mass is 355 g/mol. The maximum absolute atomic E-state index is 10.0. The largest absolute Gasteiger partial charge is 0.508 e. The van der Waals surface area contributed by atoms with Crippen molar-refractivity contribution in [3.63, 3.8) is 0 Å². The van der Waals surface area contributed by atoms with Crippen LogP contribution in [0.15, 0.2) is 47.5 Å². The van der Waals surface area contributed by atoms with Crippen LogP contribution in [0.4, 0.5) is 0 Å². The zero-order chi connectivity index (χ0) is 18.9. The summed E-state index contributed by atoms with van der Waals surface area (Å²) in [5, 5.41) is 16.7. The van der Waals surface area contributed by atoms with Gasteiger partial charge in [0.05, 0.1) is 7.11 Å². The molecule has 140 valence electrons. The second-order valence-corrected chi connectivity index (χ2v) is 6.44. The quantitative estimate of drug-likeness (QED) is 0.527. The number of aryl methyl sites for hydroxylation is 1. The van der Waals surface area contributed by atoms with Crippen LogP contribution in [-0.2, 0) is 6.42 Å². The summed E-state index contributed by atoms with van der Waals surface area (Å²) in [5.41, 5.74) is 3.46. The molecule has 0 aliphatic rings. The molecule has 0 bridgehead atoms. The molecule has 0 amide bonds. The molecule has 1 atom stereocenters. The standard InChI is InChI=1S/C21H29N3O2/c1-15-5-7-17(8-6-15)16(2)14-24-21(22-3)23-12-11-18-9-10-19(26-4)13-20(18)25/h5-10,13,16,25H,11-12,14H2,1-4H3,(H2,22,23,24). The molecule has 0 fully saturated rings. The molecule has 0 aromatic heterocycles. The molecule has 0 saturated carbocycles. The Bertz CT molecular complexity index is 727. The maximum atomic E-state index is 10.0. The first-order valence-electron chi connectivity index (χ1n) is 8.90. The Hall–Kier alpha value is -2.69. The number of ether oxygens (including phenoxy) is 1. The summed E-state index contributed by atoms with van der Waals surface area (Å²) in [6.07, 6.45) is 0.698. The van der Waals surface area contributed by atoms with E-state index in [1.807, 2.05) is 12.1 Å². The first-order chi connectivity index (χ1) is 12.5. The second kappa shape index (κ2) is 9.70. The molecule has 0 heterocycles. The first kappa shape index (κ1) is 19.6. The Labute approximate surface area is 156 Å². The van der Waals surface area contributed by atoms with Crippen LogP contribution < -0.4 is 15.4 Å². The molecule has 0 radical (unpaired) electrons. The minimum atomic E-state index is 0.252. The first-order valence-corrected chi connectivity index (χ1v) is 8.90. The van der Waals surface area contributed by atoms with E-state index in [9.17, 15) is 5.11 Å². The summed E-state index contributed by atoms with van der Waals surface area (Å²) in [7, 11) is 3.35. The van der Waals surface area contributed by atoms with Gasteiger partial charge in [-0.1, -0.05) is 42.8 Å². The summed E-state index contributed by atoms with van der Waals surface area (Å²) < 4.78 is 5.10. The van der Waals surface area contributed by atoms with E-state index < -0.39 is 0 Å². The highest BCUT2D eigenvalue weighted by molar-refractivity contribution is 5.79. The summed E-state index contributed by atoms with van der Waals surface area (Å²) >= 11 is 0. The lowest BCUT2D eigenvalue weighted by molar-refractivity contribution is 0.406. The van der Waals surface area contributed by atoms with E-state index in [1.165, 1.54) is 11.1 Å². The predicted molar refractivity (Wildman–Crippen MR) is 107 cm³/mol. The van der Waals surface area contributed by atoms with Crippen LogP contribution in [0, 0.1) is 6.92 Å². The zero-order valence-corrected chi connectivity index (χ0v) is 16.0. The topological polar surface area (TPSA) is 65.9 Å². The smallest absolute Gasteiger partial charge is 0.191 e. The molecule has 2 aromatic carbocycles. The van der Waals surface area contributed by atoms with Crippen molar-refractivity contribution in [1.82, 2.24) is 10.6 Å². The van der Waals surface area contributed by atoms with Gasteiger partial charge in [0.15, 0.2) is 5.96 Å². The number of phenolic OH excluding ortho intramolecular Hbond substituents is 1. The highest BCUT2D eigenvalue weighted by Gasteiger charge is 2.07. The maximum Gasteiger partial charge on any atom is 0.191 e. The summed E-state index contributed by atoms with van der Waals surface area (Å²) in [6.45, 7) is 5.77. The van der Waals surface area contributed by atoms with Gasteiger partial charge in [-0.25, -0.2) is 0 Å². The average Bonchev–Trinajstić information content (AvgIpc) is 2.65. The van der Waals surface area contributed by atoms with Gasteiger partial charge >= 0.3 is 0 Å². The van der Waals surface area contributed by atoms with Crippen LogP contribution in [0.3, 0.4) is 0 Å². The predicted octanol–water partition coefficient (Wildman–Crippen LogP) is 3.22. The fourth-order valence-electron chi connectivity index (χ4n) is 2.68. The van der Waals surface area contributed by atoms with Gasteiger partial charge in [0, 0.05) is 26.2 Å². The van der Waals surface area contributed by atoms with E-state index in [1.54, 1.807) is 20.2 Å². The Morgan fingerprint density at radius 2 is 1.88 bits per heavy atom. The number of methoxy groups -OCH3 is 1. The molecule has 0 aliphatic carbocycles. The van der Waals surface area contributed by atoms with Crippen molar-refractivity contribution >= 4 is 5.96 Å². The molecule has 1 unspecified atom stereocenters. The number of aliphatic imine (C=N–C) groups is 1. The van der Waals surface area contributed by atoms with Crippen molar-refractivity contribution in [2.45, 2.75) is 26.2 Å². The van der Waals surface area contributed by atoms with Crippen LogP contribution in [0.1, 0.15) is 29.5 Å². The number of rotatable bonds is 7. The lowest BCUT2D eigenvalue weighted by Crippen LogP contribution is -2.39. The molecule has 5 nitrogen and oxygen atoms in total. The number of hydrogen-bond acceptors (Lipinski definition) is 3. The highest BCUT2D eigenvalue weighted by Crippen LogP contribution is 2.23. The third-order valence-electron chi connectivity index (χ3n) is 4.42. The van der Waals surface area contributed by atoms with E-state index in [0.717, 1.165) is 18.1 Å². The van der Waals surface area contributed by atoms with Gasteiger partial charge in [0.2, 0.25) is 0 Å². The third kappa shape index (κ3) is 5.69. The molecule has 3 N–H and O–H groups in total. The Balaban J connectivity index is 1.79. The molecular weight excluding hydrogens is 326 g/mol.